The fraction of sp³-hybridized carbons (Fsp3) is 0.0714. The number of nitrogens with zero attached hydrogens (tertiary/aromatic N) is 1. The fourth-order valence-electron chi connectivity index (χ4n) is 1.94. The molecule has 2 heterocycles. The Morgan fingerprint density at radius 3 is 2.86 bits per heavy atom. The zero-order valence-corrected chi connectivity index (χ0v) is 13.8. The van der Waals surface area contributed by atoms with Gasteiger partial charge < -0.3 is 4.52 Å². The van der Waals surface area contributed by atoms with Gasteiger partial charge in [0.2, 0.25) is 5.88 Å². The van der Waals surface area contributed by atoms with Crippen LogP contribution in [0.1, 0.15) is 5.56 Å². The van der Waals surface area contributed by atoms with E-state index in [0.717, 1.165) is 5.56 Å². The van der Waals surface area contributed by atoms with Crippen LogP contribution in [0, 0.1) is 6.92 Å². The third-order valence-electron chi connectivity index (χ3n) is 3.07. The summed E-state index contributed by atoms with van der Waals surface area (Å²) in [5.74, 6) is 0.0561. The molecule has 8 heteroatoms. The van der Waals surface area contributed by atoms with Crippen molar-refractivity contribution in [3.8, 4) is 11.3 Å². The molecule has 0 radical (unpaired) electrons. The standard InChI is InChI=1S/C14H11ClN2O3S2/c1-9-11(15)3-2-4-13(9)22(18,19)17-14-7-12(16-20-14)10-5-6-21-8-10/h2-8,17H,1H3. The van der Waals surface area contributed by atoms with E-state index in [-0.39, 0.29) is 10.8 Å². The van der Waals surface area contributed by atoms with Gasteiger partial charge in [-0.1, -0.05) is 22.8 Å². The summed E-state index contributed by atoms with van der Waals surface area (Å²) in [6, 6.07) is 8.13. The van der Waals surface area contributed by atoms with Crippen molar-refractivity contribution in [2.75, 3.05) is 4.72 Å². The molecule has 0 atom stereocenters. The summed E-state index contributed by atoms with van der Waals surface area (Å²) in [5.41, 5.74) is 1.93. The number of rotatable bonds is 4. The van der Waals surface area contributed by atoms with E-state index in [2.05, 4.69) is 9.88 Å². The van der Waals surface area contributed by atoms with Crippen LogP contribution in [-0.4, -0.2) is 13.6 Å². The fourth-order valence-corrected chi connectivity index (χ4v) is 4.06. The molecule has 0 bridgehead atoms. The van der Waals surface area contributed by atoms with Gasteiger partial charge in [0.25, 0.3) is 10.0 Å². The van der Waals surface area contributed by atoms with Crippen LogP contribution in [0.5, 0.6) is 0 Å². The van der Waals surface area contributed by atoms with E-state index >= 15 is 0 Å². The number of hydrogen-bond acceptors (Lipinski definition) is 5. The lowest BCUT2D eigenvalue weighted by Gasteiger charge is -2.08. The highest BCUT2D eigenvalue weighted by atomic mass is 35.5. The molecule has 0 aliphatic rings. The van der Waals surface area contributed by atoms with E-state index in [1.54, 1.807) is 25.1 Å². The Kier molecular flexibility index (Phi) is 3.94. The molecule has 1 N–H and O–H groups in total. The maximum atomic E-state index is 12.4. The van der Waals surface area contributed by atoms with Crippen molar-refractivity contribution >= 4 is 38.8 Å². The van der Waals surface area contributed by atoms with Gasteiger partial charge in [0, 0.05) is 22.0 Å². The van der Waals surface area contributed by atoms with Crippen LogP contribution in [0.2, 0.25) is 5.02 Å². The molecule has 3 aromatic rings. The van der Waals surface area contributed by atoms with Crippen molar-refractivity contribution < 1.29 is 12.9 Å². The Balaban J connectivity index is 1.91. The molecular weight excluding hydrogens is 344 g/mol. The molecule has 0 aliphatic carbocycles. The largest absolute Gasteiger partial charge is 0.337 e. The minimum absolute atomic E-state index is 0.0561. The summed E-state index contributed by atoms with van der Waals surface area (Å²) in [4.78, 5) is 0.105. The van der Waals surface area contributed by atoms with E-state index < -0.39 is 10.0 Å². The Labute approximate surface area is 136 Å². The molecular formula is C14H11ClN2O3S2. The van der Waals surface area contributed by atoms with Crippen LogP contribution in [0.15, 0.2) is 50.5 Å². The molecule has 0 aliphatic heterocycles. The minimum Gasteiger partial charge on any atom is -0.337 e. The maximum absolute atomic E-state index is 12.4. The van der Waals surface area contributed by atoms with Crippen molar-refractivity contribution in [1.29, 1.82) is 0 Å². The predicted molar refractivity (Wildman–Crippen MR) is 86.8 cm³/mol. The zero-order chi connectivity index (χ0) is 15.7. The smallest absolute Gasteiger partial charge is 0.264 e. The normalized spacial score (nSPS) is 11.5. The summed E-state index contributed by atoms with van der Waals surface area (Å²) in [6.07, 6.45) is 0. The molecule has 114 valence electrons. The summed E-state index contributed by atoms with van der Waals surface area (Å²) in [7, 11) is -3.79. The number of halogens is 1. The lowest BCUT2D eigenvalue weighted by Crippen LogP contribution is -2.13. The highest BCUT2D eigenvalue weighted by molar-refractivity contribution is 7.92. The maximum Gasteiger partial charge on any atom is 0.264 e. The van der Waals surface area contributed by atoms with Gasteiger partial charge >= 0.3 is 0 Å². The second-order valence-electron chi connectivity index (χ2n) is 4.56. The molecule has 2 aromatic heterocycles. The van der Waals surface area contributed by atoms with Gasteiger partial charge in [-0.25, -0.2) is 13.1 Å². The van der Waals surface area contributed by atoms with E-state index in [0.29, 0.717) is 16.3 Å². The molecule has 0 spiro atoms. The number of nitrogens with one attached hydrogen (secondary N) is 1. The molecule has 0 saturated heterocycles. The summed E-state index contributed by atoms with van der Waals surface area (Å²) >= 11 is 7.49. The minimum atomic E-state index is -3.79. The first-order valence-electron chi connectivity index (χ1n) is 6.24. The van der Waals surface area contributed by atoms with E-state index in [1.165, 1.54) is 17.4 Å². The third kappa shape index (κ3) is 2.87. The Morgan fingerprint density at radius 2 is 2.14 bits per heavy atom. The number of sulfonamides is 1. The van der Waals surface area contributed by atoms with Crippen molar-refractivity contribution in [2.24, 2.45) is 0 Å². The Morgan fingerprint density at radius 1 is 1.32 bits per heavy atom. The van der Waals surface area contributed by atoms with Gasteiger partial charge in [-0.2, -0.15) is 11.3 Å². The van der Waals surface area contributed by atoms with Gasteiger partial charge in [0.1, 0.15) is 5.69 Å². The van der Waals surface area contributed by atoms with Crippen molar-refractivity contribution in [3.05, 3.63) is 51.7 Å². The first-order chi connectivity index (χ1) is 10.5. The lowest BCUT2D eigenvalue weighted by atomic mass is 10.2. The van der Waals surface area contributed by atoms with Crippen molar-refractivity contribution in [3.63, 3.8) is 0 Å². The number of aromatic nitrogens is 1. The second-order valence-corrected chi connectivity index (χ2v) is 7.39. The molecule has 0 fully saturated rings. The van der Waals surface area contributed by atoms with Crippen molar-refractivity contribution in [2.45, 2.75) is 11.8 Å². The summed E-state index contributed by atoms with van der Waals surface area (Å²) < 4.78 is 32.2. The van der Waals surface area contributed by atoms with Crippen molar-refractivity contribution in [1.82, 2.24) is 5.16 Å². The predicted octanol–water partition coefficient (Wildman–Crippen LogP) is 4.17. The first-order valence-corrected chi connectivity index (χ1v) is 9.05. The lowest BCUT2D eigenvalue weighted by molar-refractivity contribution is 0.438. The molecule has 0 amide bonds. The number of hydrogen-bond donors (Lipinski definition) is 1. The van der Waals surface area contributed by atoms with E-state index in [9.17, 15) is 8.42 Å². The topological polar surface area (TPSA) is 72.2 Å². The molecule has 1 aromatic carbocycles. The van der Waals surface area contributed by atoms with Gasteiger partial charge in [0.05, 0.1) is 4.90 Å². The number of thiophene rings is 1. The van der Waals surface area contributed by atoms with Crippen LogP contribution in [0.3, 0.4) is 0 Å². The van der Waals surface area contributed by atoms with Crippen LogP contribution < -0.4 is 4.72 Å². The number of anilines is 1. The Hall–Kier alpha value is -1.83. The first kappa shape index (κ1) is 15.1. The number of benzene rings is 1. The Bertz CT molecular complexity index is 902. The van der Waals surface area contributed by atoms with Crippen LogP contribution in [0.25, 0.3) is 11.3 Å². The average Bonchev–Trinajstić information content (AvgIpc) is 3.11. The van der Waals surface area contributed by atoms with Gasteiger partial charge in [0.15, 0.2) is 0 Å². The van der Waals surface area contributed by atoms with Gasteiger partial charge in [-0.3, -0.25) is 0 Å². The molecule has 0 unspecified atom stereocenters. The van der Waals surface area contributed by atoms with Crippen LogP contribution >= 0.6 is 22.9 Å². The molecule has 3 rings (SSSR count). The summed E-state index contributed by atoms with van der Waals surface area (Å²) in [5, 5.41) is 8.05. The highest BCUT2D eigenvalue weighted by Gasteiger charge is 2.20. The monoisotopic (exact) mass is 354 g/mol. The third-order valence-corrected chi connectivity index (χ3v) is 5.65. The molecule has 5 nitrogen and oxygen atoms in total. The summed E-state index contributed by atoms with van der Waals surface area (Å²) in [6.45, 7) is 1.65. The zero-order valence-electron chi connectivity index (χ0n) is 11.4. The molecule has 0 saturated carbocycles. The van der Waals surface area contributed by atoms with E-state index in [4.69, 9.17) is 16.1 Å². The quantitative estimate of drug-likeness (QED) is 0.763. The SMILES string of the molecule is Cc1c(Cl)cccc1S(=O)(=O)Nc1cc(-c2ccsc2)no1. The highest BCUT2D eigenvalue weighted by Crippen LogP contribution is 2.27. The van der Waals surface area contributed by atoms with Gasteiger partial charge in [-0.15, -0.1) is 0 Å². The van der Waals surface area contributed by atoms with Crippen LogP contribution in [-0.2, 0) is 10.0 Å². The molecule has 22 heavy (non-hydrogen) atoms. The van der Waals surface area contributed by atoms with Gasteiger partial charge in [-0.05, 0) is 36.1 Å². The average molecular weight is 355 g/mol. The second kappa shape index (κ2) is 5.75. The van der Waals surface area contributed by atoms with E-state index in [1.807, 2.05) is 16.8 Å². The van der Waals surface area contributed by atoms with Crippen LogP contribution in [0.4, 0.5) is 5.88 Å².